The van der Waals surface area contributed by atoms with Crippen LogP contribution in [0.1, 0.15) is 37.0 Å². The van der Waals surface area contributed by atoms with Crippen molar-refractivity contribution in [1.29, 1.82) is 0 Å². The van der Waals surface area contributed by atoms with E-state index in [2.05, 4.69) is 5.32 Å². The number of hydrogen-bond acceptors (Lipinski definition) is 5. The van der Waals surface area contributed by atoms with Crippen LogP contribution in [-0.4, -0.2) is 56.4 Å². The molecule has 1 aliphatic rings. The van der Waals surface area contributed by atoms with Crippen molar-refractivity contribution in [2.24, 2.45) is 0 Å². The van der Waals surface area contributed by atoms with Crippen LogP contribution in [0.5, 0.6) is 11.5 Å². The molecule has 144 valence electrons. The number of carbonyl (C=O) groups is 2. The van der Waals surface area contributed by atoms with Crippen molar-refractivity contribution in [2.75, 3.05) is 33.4 Å². The molecule has 0 aliphatic carbocycles. The summed E-state index contributed by atoms with van der Waals surface area (Å²) in [6.45, 7) is 5.53. The normalized spacial score (nSPS) is 14.7. The highest BCUT2D eigenvalue weighted by Gasteiger charge is 2.25. The Bertz CT molecular complexity index is 645. The zero-order chi connectivity index (χ0) is 19.1. The smallest absolute Gasteiger partial charge is 0.409 e. The second-order valence-electron chi connectivity index (χ2n) is 5.86. The predicted octanol–water partition coefficient (Wildman–Crippen LogP) is 3.10. The maximum absolute atomic E-state index is 12.5. The van der Waals surface area contributed by atoms with E-state index >= 15 is 0 Å². The lowest BCUT2D eigenvalue weighted by molar-refractivity contribution is 0.0859. The monoisotopic (exact) mass is 384 g/mol. The highest BCUT2D eigenvalue weighted by molar-refractivity contribution is 6.32. The van der Waals surface area contributed by atoms with Crippen LogP contribution in [0.15, 0.2) is 12.1 Å². The van der Waals surface area contributed by atoms with Gasteiger partial charge in [0.2, 0.25) is 0 Å². The second kappa shape index (κ2) is 9.52. The molecule has 8 heteroatoms. The molecule has 1 fully saturated rings. The first kappa shape index (κ1) is 20.2. The molecule has 0 atom stereocenters. The van der Waals surface area contributed by atoms with E-state index in [0.29, 0.717) is 61.2 Å². The Morgan fingerprint density at radius 3 is 2.50 bits per heavy atom. The summed E-state index contributed by atoms with van der Waals surface area (Å²) in [5.41, 5.74) is 0.406. The lowest BCUT2D eigenvalue weighted by Gasteiger charge is -2.31. The summed E-state index contributed by atoms with van der Waals surface area (Å²) in [7, 11) is 1.50. The fourth-order valence-electron chi connectivity index (χ4n) is 2.83. The number of amides is 2. The molecule has 2 amide bonds. The van der Waals surface area contributed by atoms with Crippen LogP contribution in [0.25, 0.3) is 0 Å². The maximum atomic E-state index is 12.5. The largest absolute Gasteiger partial charge is 0.493 e. The van der Waals surface area contributed by atoms with E-state index in [1.54, 1.807) is 24.0 Å². The number of rotatable bonds is 6. The first-order valence-electron chi connectivity index (χ1n) is 8.73. The first-order chi connectivity index (χ1) is 12.5. The fourth-order valence-corrected chi connectivity index (χ4v) is 3.09. The minimum Gasteiger partial charge on any atom is -0.493 e. The molecule has 0 spiro atoms. The van der Waals surface area contributed by atoms with Gasteiger partial charge < -0.3 is 24.4 Å². The lowest BCUT2D eigenvalue weighted by atomic mass is 10.0. The summed E-state index contributed by atoms with van der Waals surface area (Å²) in [6, 6.07) is 3.17. The Hall–Kier alpha value is -2.15. The molecule has 26 heavy (non-hydrogen) atoms. The lowest BCUT2D eigenvalue weighted by Crippen LogP contribution is -2.46. The van der Waals surface area contributed by atoms with Gasteiger partial charge in [-0.05, 0) is 38.8 Å². The molecule has 1 aromatic rings. The number of carbonyl (C=O) groups excluding carboxylic acids is 2. The SMILES string of the molecule is CCOC(=O)N1CCC(NC(=O)c2cc(Cl)c(OCC)c(OC)c2)CC1. The average Bonchev–Trinajstić information content (AvgIpc) is 2.64. The molecule has 1 saturated heterocycles. The minimum absolute atomic E-state index is 0.00971. The molecular weight excluding hydrogens is 360 g/mol. The zero-order valence-electron chi connectivity index (χ0n) is 15.3. The van der Waals surface area contributed by atoms with Crippen molar-refractivity contribution in [2.45, 2.75) is 32.7 Å². The molecule has 1 heterocycles. The summed E-state index contributed by atoms with van der Waals surface area (Å²) < 4.78 is 15.7. The molecule has 0 bridgehead atoms. The topological polar surface area (TPSA) is 77.1 Å². The van der Waals surface area contributed by atoms with Gasteiger partial charge in [0.15, 0.2) is 11.5 Å². The third kappa shape index (κ3) is 4.94. The van der Waals surface area contributed by atoms with Crippen LogP contribution in [0.4, 0.5) is 4.79 Å². The first-order valence-corrected chi connectivity index (χ1v) is 9.10. The Morgan fingerprint density at radius 2 is 1.92 bits per heavy atom. The van der Waals surface area contributed by atoms with E-state index < -0.39 is 0 Å². The molecule has 0 radical (unpaired) electrons. The Labute approximate surface area is 158 Å². The standard InChI is InChI=1S/C18H25ClN2O5/c1-4-25-16-14(19)10-12(11-15(16)24-3)17(22)20-13-6-8-21(9-7-13)18(23)26-5-2/h10-11,13H,4-9H2,1-3H3,(H,20,22). The van der Waals surface area contributed by atoms with Gasteiger partial charge in [-0.1, -0.05) is 11.6 Å². The van der Waals surface area contributed by atoms with Crippen LogP contribution in [-0.2, 0) is 4.74 Å². The number of ether oxygens (including phenoxy) is 3. The number of piperidine rings is 1. The average molecular weight is 385 g/mol. The van der Waals surface area contributed by atoms with Crippen molar-refractivity contribution >= 4 is 23.6 Å². The van der Waals surface area contributed by atoms with Crippen molar-refractivity contribution in [3.63, 3.8) is 0 Å². The van der Waals surface area contributed by atoms with Crippen LogP contribution in [0, 0.1) is 0 Å². The highest BCUT2D eigenvalue weighted by atomic mass is 35.5. The predicted molar refractivity (Wildman–Crippen MR) is 98.3 cm³/mol. The highest BCUT2D eigenvalue weighted by Crippen LogP contribution is 2.36. The van der Waals surface area contributed by atoms with Gasteiger partial charge >= 0.3 is 6.09 Å². The summed E-state index contributed by atoms with van der Waals surface area (Å²) in [6.07, 6.45) is 1.04. The number of benzene rings is 1. The number of hydrogen-bond donors (Lipinski definition) is 1. The van der Waals surface area contributed by atoms with Crippen LogP contribution in [0.3, 0.4) is 0 Å². The fraction of sp³-hybridized carbons (Fsp3) is 0.556. The minimum atomic E-state index is -0.305. The zero-order valence-corrected chi connectivity index (χ0v) is 16.1. The molecule has 2 rings (SSSR count). The van der Waals surface area contributed by atoms with Crippen molar-refractivity contribution < 1.29 is 23.8 Å². The number of halogens is 1. The van der Waals surface area contributed by atoms with Crippen molar-refractivity contribution in [3.8, 4) is 11.5 Å². The van der Waals surface area contributed by atoms with E-state index in [-0.39, 0.29) is 18.0 Å². The van der Waals surface area contributed by atoms with Crippen LogP contribution in [0.2, 0.25) is 5.02 Å². The molecule has 0 saturated carbocycles. The maximum Gasteiger partial charge on any atom is 0.409 e. The second-order valence-corrected chi connectivity index (χ2v) is 6.26. The molecule has 1 aliphatic heterocycles. The molecular formula is C18H25ClN2O5. The summed E-state index contributed by atoms with van der Waals surface area (Å²) in [4.78, 5) is 25.9. The van der Waals surface area contributed by atoms with Crippen LogP contribution >= 0.6 is 11.6 Å². The quantitative estimate of drug-likeness (QED) is 0.815. The van der Waals surface area contributed by atoms with Gasteiger partial charge in [-0.3, -0.25) is 4.79 Å². The van der Waals surface area contributed by atoms with Gasteiger partial charge in [-0.15, -0.1) is 0 Å². The van der Waals surface area contributed by atoms with E-state index in [1.807, 2.05) is 6.92 Å². The van der Waals surface area contributed by atoms with E-state index in [9.17, 15) is 9.59 Å². The molecule has 7 nitrogen and oxygen atoms in total. The van der Waals surface area contributed by atoms with E-state index in [0.717, 1.165) is 0 Å². The van der Waals surface area contributed by atoms with Gasteiger partial charge in [0, 0.05) is 24.7 Å². The van der Waals surface area contributed by atoms with Gasteiger partial charge in [0.05, 0.1) is 25.3 Å². The number of methoxy groups -OCH3 is 1. The van der Waals surface area contributed by atoms with Gasteiger partial charge in [-0.2, -0.15) is 0 Å². The number of likely N-dealkylation sites (tertiary alicyclic amines) is 1. The van der Waals surface area contributed by atoms with E-state index in [4.69, 9.17) is 25.8 Å². The van der Waals surface area contributed by atoms with Crippen molar-refractivity contribution in [3.05, 3.63) is 22.7 Å². The molecule has 0 unspecified atom stereocenters. The van der Waals surface area contributed by atoms with Gasteiger partial charge in [0.1, 0.15) is 0 Å². The van der Waals surface area contributed by atoms with Gasteiger partial charge in [-0.25, -0.2) is 4.79 Å². The third-order valence-electron chi connectivity index (χ3n) is 4.14. The Morgan fingerprint density at radius 1 is 1.23 bits per heavy atom. The van der Waals surface area contributed by atoms with Gasteiger partial charge in [0.25, 0.3) is 5.91 Å². The molecule has 0 aromatic heterocycles. The summed E-state index contributed by atoms with van der Waals surface area (Å²) in [5, 5.41) is 3.31. The summed E-state index contributed by atoms with van der Waals surface area (Å²) >= 11 is 6.22. The van der Waals surface area contributed by atoms with E-state index in [1.165, 1.54) is 7.11 Å². The molecule has 1 aromatic carbocycles. The van der Waals surface area contributed by atoms with Crippen molar-refractivity contribution in [1.82, 2.24) is 10.2 Å². The van der Waals surface area contributed by atoms with Crippen LogP contribution < -0.4 is 14.8 Å². The number of nitrogens with one attached hydrogen (secondary N) is 1. The Kier molecular flexibility index (Phi) is 7.38. The molecule has 1 N–H and O–H groups in total. The Balaban J connectivity index is 1.98. The summed E-state index contributed by atoms with van der Waals surface area (Å²) in [5.74, 6) is 0.612. The third-order valence-corrected chi connectivity index (χ3v) is 4.42. The number of nitrogens with zero attached hydrogens (tertiary/aromatic N) is 1.